The van der Waals surface area contributed by atoms with Gasteiger partial charge in [0.2, 0.25) is 11.8 Å². The van der Waals surface area contributed by atoms with Crippen molar-refractivity contribution < 1.29 is 9.59 Å². The molecular weight excluding hydrogens is 340 g/mol. The van der Waals surface area contributed by atoms with Gasteiger partial charge in [0, 0.05) is 38.2 Å². The fraction of sp³-hybridized carbons (Fsp3) is 0.667. The van der Waals surface area contributed by atoms with Gasteiger partial charge < -0.3 is 15.1 Å². The van der Waals surface area contributed by atoms with Crippen molar-refractivity contribution in [1.82, 2.24) is 20.1 Å². The quantitative estimate of drug-likeness (QED) is 0.721. The number of amides is 2. The van der Waals surface area contributed by atoms with Crippen LogP contribution >= 0.6 is 0 Å². The number of rotatable bonds is 9. The molecule has 1 aliphatic rings. The lowest BCUT2D eigenvalue weighted by atomic mass is 10.1. The van der Waals surface area contributed by atoms with E-state index in [9.17, 15) is 9.59 Å². The molecule has 0 radical (unpaired) electrons. The minimum Gasteiger partial charge on any atom is -0.343 e. The van der Waals surface area contributed by atoms with Crippen LogP contribution in [0.3, 0.4) is 0 Å². The minimum atomic E-state index is 0.139. The summed E-state index contributed by atoms with van der Waals surface area (Å²) in [5.41, 5.74) is 0.919. The Hall–Kier alpha value is -1.95. The van der Waals surface area contributed by atoms with Crippen LogP contribution in [-0.4, -0.2) is 58.8 Å². The summed E-state index contributed by atoms with van der Waals surface area (Å²) >= 11 is 0. The van der Waals surface area contributed by atoms with E-state index in [0.29, 0.717) is 25.8 Å². The van der Waals surface area contributed by atoms with Crippen LogP contribution < -0.4 is 5.32 Å². The Morgan fingerprint density at radius 3 is 2.59 bits per heavy atom. The number of hydrogen-bond donors (Lipinski definition) is 1. The van der Waals surface area contributed by atoms with Gasteiger partial charge in [-0.3, -0.25) is 14.6 Å². The highest BCUT2D eigenvalue weighted by Gasteiger charge is 2.25. The van der Waals surface area contributed by atoms with Crippen LogP contribution in [0.2, 0.25) is 0 Å². The average molecular weight is 375 g/mol. The van der Waals surface area contributed by atoms with E-state index in [-0.39, 0.29) is 17.9 Å². The maximum Gasteiger partial charge on any atom is 0.223 e. The first-order chi connectivity index (χ1) is 13.2. The Kier molecular flexibility index (Phi) is 9.25. The predicted octanol–water partition coefficient (Wildman–Crippen LogP) is 2.59. The SMILES string of the molecule is CCN(CC)C(=O)CCCC(=O)N(Cc1ccccn1)C1CCCNCC1. The third kappa shape index (κ3) is 6.94. The van der Waals surface area contributed by atoms with Gasteiger partial charge in [0.1, 0.15) is 0 Å². The third-order valence-corrected chi connectivity index (χ3v) is 5.26. The third-order valence-electron chi connectivity index (χ3n) is 5.26. The minimum absolute atomic E-state index is 0.139. The van der Waals surface area contributed by atoms with E-state index in [1.54, 1.807) is 6.20 Å². The van der Waals surface area contributed by atoms with Crippen molar-refractivity contribution >= 4 is 11.8 Å². The lowest BCUT2D eigenvalue weighted by molar-refractivity contribution is -0.135. The molecule has 1 saturated heterocycles. The van der Waals surface area contributed by atoms with E-state index in [4.69, 9.17) is 0 Å². The number of carbonyl (C=O) groups is 2. The second-order valence-corrected chi connectivity index (χ2v) is 7.10. The van der Waals surface area contributed by atoms with Crippen LogP contribution in [0, 0.1) is 0 Å². The zero-order chi connectivity index (χ0) is 19.5. The van der Waals surface area contributed by atoms with Gasteiger partial charge in [-0.05, 0) is 64.8 Å². The first kappa shape index (κ1) is 21.4. The van der Waals surface area contributed by atoms with Crippen molar-refractivity contribution in [2.45, 2.75) is 65.0 Å². The summed E-state index contributed by atoms with van der Waals surface area (Å²) in [5.74, 6) is 0.280. The lowest BCUT2D eigenvalue weighted by Gasteiger charge is -2.31. The Balaban J connectivity index is 1.96. The largest absolute Gasteiger partial charge is 0.343 e. The van der Waals surface area contributed by atoms with E-state index in [2.05, 4.69) is 10.3 Å². The number of hydrogen-bond acceptors (Lipinski definition) is 4. The Morgan fingerprint density at radius 1 is 1.11 bits per heavy atom. The predicted molar refractivity (Wildman–Crippen MR) is 107 cm³/mol. The summed E-state index contributed by atoms with van der Waals surface area (Å²) < 4.78 is 0. The molecule has 1 aliphatic heterocycles. The fourth-order valence-electron chi connectivity index (χ4n) is 3.67. The van der Waals surface area contributed by atoms with Crippen LogP contribution in [-0.2, 0) is 16.1 Å². The van der Waals surface area contributed by atoms with Gasteiger partial charge >= 0.3 is 0 Å². The van der Waals surface area contributed by atoms with E-state index < -0.39 is 0 Å². The smallest absolute Gasteiger partial charge is 0.223 e. The molecule has 1 atom stereocenters. The van der Waals surface area contributed by atoms with Crippen molar-refractivity contribution in [2.75, 3.05) is 26.2 Å². The molecule has 1 aromatic rings. The van der Waals surface area contributed by atoms with Gasteiger partial charge in [-0.1, -0.05) is 6.07 Å². The van der Waals surface area contributed by atoms with E-state index in [1.807, 2.05) is 41.8 Å². The molecule has 0 saturated carbocycles. The van der Waals surface area contributed by atoms with Gasteiger partial charge in [-0.2, -0.15) is 0 Å². The van der Waals surface area contributed by atoms with Gasteiger partial charge in [-0.25, -0.2) is 0 Å². The maximum atomic E-state index is 13.0. The zero-order valence-corrected chi connectivity index (χ0v) is 16.8. The molecule has 1 N–H and O–H groups in total. The highest BCUT2D eigenvalue weighted by molar-refractivity contribution is 5.79. The van der Waals surface area contributed by atoms with Crippen molar-refractivity contribution in [1.29, 1.82) is 0 Å². The molecule has 2 amide bonds. The fourth-order valence-corrected chi connectivity index (χ4v) is 3.67. The van der Waals surface area contributed by atoms with Crippen molar-refractivity contribution in [3.05, 3.63) is 30.1 Å². The van der Waals surface area contributed by atoms with Crippen LogP contribution in [0.1, 0.15) is 58.1 Å². The van der Waals surface area contributed by atoms with Crippen LogP contribution in [0.4, 0.5) is 0 Å². The summed E-state index contributed by atoms with van der Waals surface area (Å²) in [5, 5.41) is 3.41. The Labute approximate surface area is 163 Å². The van der Waals surface area contributed by atoms with Crippen LogP contribution in [0.25, 0.3) is 0 Å². The second-order valence-electron chi connectivity index (χ2n) is 7.10. The van der Waals surface area contributed by atoms with Gasteiger partial charge in [0.15, 0.2) is 0 Å². The van der Waals surface area contributed by atoms with Crippen LogP contribution in [0.5, 0.6) is 0 Å². The Morgan fingerprint density at radius 2 is 1.89 bits per heavy atom. The monoisotopic (exact) mass is 374 g/mol. The molecule has 1 fully saturated rings. The number of pyridine rings is 1. The first-order valence-electron chi connectivity index (χ1n) is 10.3. The van der Waals surface area contributed by atoms with Crippen LogP contribution in [0.15, 0.2) is 24.4 Å². The molecule has 1 unspecified atom stereocenters. The highest BCUT2D eigenvalue weighted by atomic mass is 16.2. The molecule has 0 spiro atoms. The van der Waals surface area contributed by atoms with Crippen molar-refractivity contribution in [2.24, 2.45) is 0 Å². The van der Waals surface area contributed by atoms with Crippen molar-refractivity contribution in [3.63, 3.8) is 0 Å². The topological polar surface area (TPSA) is 65.5 Å². The molecule has 6 nitrogen and oxygen atoms in total. The molecule has 0 aliphatic carbocycles. The summed E-state index contributed by atoms with van der Waals surface area (Å²) in [4.78, 5) is 33.4. The number of carbonyl (C=O) groups excluding carboxylic acids is 2. The summed E-state index contributed by atoms with van der Waals surface area (Å²) in [6, 6.07) is 6.07. The highest BCUT2D eigenvalue weighted by Crippen LogP contribution is 2.18. The summed E-state index contributed by atoms with van der Waals surface area (Å²) in [6.45, 7) is 7.93. The number of aromatic nitrogens is 1. The zero-order valence-electron chi connectivity index (χ0n) is 16.8. The van der Waals surface area contributed by atoms with Gasteiger partial charge in [0.25, 0.3) is 0 Å². The number of nitrogens with zero attached hydrogens (tertiary/aromatic N) is 3. The van der Waals surface area contributed by atoms with E-state index in [0.717, 1.165) is 51.1 Å². The second kappa shape index (κ2) is 11.7. The standard InChI is InChI=1S/C21H34N4O2/c1-3-24(4-2)20(26)11-7-12-21(27)25(17-18-9-5-6-15-23-18)19-10-8-14-22-16-13-19/h5-6,9,15,19,22H,3-4,7-8,10-14,16-17H2,1-2H3. The molecule has 1 aromatic heterocycles. The first-order valence-corrected chi connectivity index (χ1v) is 10.3. The molecule has 0 bridgehead atoms. The maximum absolute atomic E-state index is 13.0. The van der Waals surface area contributed by atoms with E-state index in [1.165, 1.54) is 0 Å². The normalized spacial score (nSPS) is 17.2. The molecule has 150 valence electrons. The van der Waals surface area contributed by atoms with Gasteiger partial charge in [-0.15, -0.1) is 0 Å². The van der Waals surface area contributed by atoms with Crippen molar-refractivity contribution in [3.8, 4) is 0 Å². The molecule has 2 heterocycles. The summed E-state index contributed by atoms with van der Waals surface area (Å²) in [7, 11) is 0. The molecule has 6 heteroatoms. The molecule has 27 heavy (non-hydrogen) atoms. The molecule has 0 aromatic carbocycles. The molecule has 2 rings (SSSR count). The molecular formula is C21H34N4O2. The summed E-state index contributed by atoms with van der Waals surface area (Å²) in [6.07, 6.45) is 6.31. The average Bonchev–Trinajstić information content (AvgIpc) is 2.97. The Bertz CT molecular complexity index is 567. The van der Waals surface area contributed by atoms with Gasteiger partial charge in [0.05, 0.1) is 12.2 Å². The number of nitrogens with one attached hydrogen (secondary N) is 1. The lowest BCUT2D eigenvalue weighted by Crippen LogP contribution is -2.40. The van der Waals surface area contributed by atoms with E-state index >= 15 is 0 Å².